The number of nitrogens with zero attached hydrogens (tertiary/aromatic N) is 5. The number of ether oxygens (including phenoxy) is 1. The lowest BCUT2D eigenvalue weighted by molar-refractivity contribution is 0.0601. The van der Waals surface area contributed by atoms with Crippen molar-refractivity contribution in [1.82, 2.24) is 19.4 Å². The lowest BCUT2D eigenvalue weighted by atomic mass is 10.1. The first-order valence-corrected chi connectivity index (χ1v) is 12.8. The van der Waals surface area contributed by atoms with Gasteiger partial charge in [0.05, 0.1) is 45.0 Å². The summed E-state index contributed by atoms with van der Waals surface area (Å²) in [5.74, 6) is -0.131. The van der Waals surface area contributed by atoms with Crippen LogP contribution in [0.25, 0.3) is 16.6 Å². The van der Waals surface area contributed by atoms with E-state index in [0.29, 0.717) is 37.9 Å². The Kier molecular flexibility index (Phi) is 7.25. The number of anilines is 3. The monoisotopic (exact) mass is 552 g/mol. The van der Waals surface area contributed by atoms with Crippen molar-refractivity contribution < 1.29 is 9.53 Å². The zero-order valence-corrected chi connectivity index (χ0v) is 22.7. The van der Waals surface area contributed by atoms with Crippen LogP contribution < -0.4 is 15.8 Å². The number of rotatable bonds is 5. The highest BCUT2D eigenvalue weighted by Crippen LogP contribution is 2.30. The second kappa shape index (κ2) is 10.6. The van der Waals surface area contributed by atoms with Crippen molar-refractivity contribution in [2.45, 2.75) is 6.92 Å². The molecule has 38 heavy (non-hydrogen) atoms. The summed E-state index contributed by atoms with van der Waals surface area (Å²) in [4.78, 5) is 39.3. The molecule has 0 aliphatic carbocycles. The third kappa shape index (κ3) is 4.92. The van der Waals surface area contributed by atoms with Gasteiger partial charge in [0.2, 0.25) is 5.95 Å². The van der Waals surface area contributed by atoms with Crippen LogP contribution in [0.1, 0.15) is 15.9 Å². The first-order valence-electron chi connectivity index (χ1n) is 12.0. The number of para-hydroxylation sites is 1. The summed E-state index contributed by atoms with van der Waals surface area (Å²) in [7, 11) is 3.45. The SMILES string of the molecule is COC(=O)c1cc(Nc2ncc3c(=O)n(-c4c(Cl)cccc4Cl)cc(C)c3n2)ccc1N1CCN(C)CC1. The van der Waals surface area contributed by atoms with Gasteiger partial charge in [0, 0.05) is 44.3 Å². The van der Waals surface area contributed by atoms with E-state index >= 15 is 0 Å². The number of benzene rings is 2. The molecule has 2 aromatic carbocycles. The minimum absolute atomic E-state index is 0.289. The molecule has 1 aliphatic rings. The second-order valence-corrected chi connectivity index (χ2v) is 9.97. The second-order valence-electron chi connectivity index (χ2n) is 9.15. The number of carbonyl (C=O) groups excluding carboxylic acids is 1. The molecule has 4 aromatic rings. The van der Waals surface area contributed by atoms with Crippen LogP contribution in [0.2, 0.25) is 10.0 Å². The number of hydrogen-bond donors (Lipinski definition) is 1. The number of nitrogens with one attached hydrogen (secondary N) is 1. The Hall–Kier alpha value is -3.66. The van der Waals surface area contributed by atoms with Gasteiger partial charge in [-0.15, -0.1) is 0 Å². The molecule has 1 N–H and O–H groups in total. The van der Waals surface area contributed by atoms with E-state index in [1.54, 1.807) is 30.5 Å². The van der Waals surface area contributed by atoms with E-state index in [9.17, 15) is 9.59 Å². The van der Waals surface area contributed by atoms with Gasteiger partial charge in [-0.25, -0.2) is 14.8 Å². The third-order valence-corrected chi connectivity index (χ3v) is 7.22. The molecule has 2 aromatic heterocycles. The van der Waals surface area contributed by atoms with Crippen LogP contribution >= 0.6 is 23.2 Å². The van der Waals surface area contributed by atoms with Gasteiger partial charge in [-0.2, -0.15) is 0 Å². The summed E-state index contributed by atoms with van der Waals surface area (Å²) < 4.78 is 6.47. The molecule has 1 aliphatic heterocycles. The first-order chi connectivity index (χ1) is 18.3. The lowest BCUT2D eigenvalue weighted by Crippen LogP contribution is -2.45. The maximum atomic E-state index is 13.3. The van der Waals surface area contributed by atoms with Crippen LogP contribution in [0.5, 0.6) is 0 Å². The van der Waals surface area contributed by atoms with E-state index in [4.69, 9.17) is 27.9 Å². The maximum absolute atomic E-state index is 13.3. The molecule has 0 radical (unpaired) electrons. The van der Waals surface area contributed by atoms with Gasteiger partial charge in [0.15, 0.2) is 0 Å². The average Bonchev–Trinajstić information content (AvgIpc) is 2.91. The molecule has 0 bridgehead atoms. The Balaban J connectivity index is 1.49. The fourth-order valence-electron chi connectivity index (χ4n) is 4.57. The minimum atomic E-state index is -0.420. The normalized spacial score (nSPS) is 14.1. The summed E-state index contributed by atoms with van der Waals surface area (Å²) in [6.45, 7) is 5.30. The summed E-state index contributed by atoms with van der Waals surface area (Å²) in [5.41, 5.74) is 3.20. The van der Waals surface area contributed by atoms with Gasteiger partial charge < -0.3 is 19.9 Å². The van der Waals surface area contributed by atoms with E-state index in [1.807, 2.05) is 19.1 Å². The summed E-state index contributed by atoms with van der Waals surface area (Å²) in [6, 6.07) is 10.6. The van der Waals surface area contributed by atoms with E-state index in [2.05, 4.69) is 32.1 Å². The van der Waals surface area contributed by atoms with Crippen LogP contribution in [0, 0.1) is 6.92 Å². The number of likely N-dealkylation sites (N-methyl/N-ethyl adjacent to an activating group) is 1. The Morgan fingerprint density at radius 2 is 1.79 bits per heavy atom. The van der Waals surface area contributed by atoms with E-state index in [0.717, 1.165) is 37.4 Å². The fourth-order valence-corrected chi connectivity index (χ4v) is 5.15. The van der Waals surface area contributed by atoms with Crippen molar-refractivity contribution in [1.29, 1.82) is 0 Å². The standard InChI is InChI=1S/C27H26Cl2N6O3/c1-16-15-35(24-20(28)5-4-6-21(24)29)25(36)19-14-30-27(32-23(16)19)31-17-7-8-22(18(13-17)26(37)38-3)34-11-9-33(2)10-12-34/h4-8,13-15H,9-12H2,1-3H3,(H,30,31,32). The molecule has 1 saturated heterocycles. The number of fused-ring (bicyclic) bond motifs is 1. The number of pyridine rings is 1. The largest absolute Gasteiger partial charge is 0.465 e. The summed E-state index contributed by atoms with van der Waals surface area (Å²) >= 11 is 12.7. The Morgan fingerprint density at radius 3 is 2.47 bits per heavy atom. The minimum Gasteiger partial charge on any atom is -0.465 e. The molecule has 9 nitrogen and oxygen atoms in total. The lowest BCUT2D eigenvalue weighted by Gasteiger charge is -2.35. The number of methoxy groups -OCH3 is 1. The van der Waals surface area contributed by atoms with Crippen LogP contribution in [-0.4, -0.2) is 65.7 Å². The molecular formula is C27H26Cl2N6O3. The highest BCUT2D eigenvalue weighted by molar-refractivity contribution is 6.37. The van der Waals surface area contributed by atoms with Crippen LogP contribution in [0.15, 0.2) is 53.6 Å². The van der Waals surface area contributed by atoms with E-state index in [-0.39, 0.29) is 11.5 Å². The number of hydrogen-bond acceptors (Lipinski definition) is 8. The molecule has 0 spiro atoms. The number of piperazine rings is 1. The van der Waals surface area contributed by atoms with E-state index < -0.39 is 5.97 Å². The van der Waals surface area contributed by atoms with Crippen LogP contribution in [0.4, 0.5) is 17.3 Å². The molecule has 3 heterocycles. The molecule has 0 atom stereocenters. The Labute approximate surface area is 229 Å². The van der Waals surface area contributed by atoms with Gasteiger partial charge >= 0.3 is 5.97 Å². The molecule has 0 saturated carbocycles. The summed E-state index contributed by atoms with van der Waals surface area (Å²) in [6.07, 6.45) is 3.13. The Bertz CT molecular complexity index is 1580. The number of aromatic nitrogens is 3. The molecular weight excluding hydrogens is 527 g/mol. The summed E-state index contributed by atoms with van der Waals surface area (Å²) in [5, 5.41) is 4.20. The van der Waals surface area contributed by atoms with Crippen molar-refractivity contribution in [3.8, 4) is 5.69 Å². The Morgan fingerprint density at radius 1 is 1.08 bits per heavy atom. The molecule has 5 rings (SSSR count). The number of halogens is 2. The van der Waals surface area contributed by atoms with Crippen LogP contribution in [0.3, 0.4) is 0 Å². The van der Waals surface area contributed by atoms with Crippen molar-refractivity contribution in [3.05, 3.63) is 80.3 Å². The molecule has 0 amide bonds. The topological polar surface area (TPSA) is 92.6 Å². The number of aryl methyl sites for hydroxylation is 1. The van der Waals surface area contributed by atoms with Gasteiger partial charge in [0.25, 0.3) is 5.56 Å². The predicted octanol–water partition coefficient (Wildman–Crippen LogP) is 4.68. The number of carbonyl (C=O) groups is 1. The van der Waals surface area contributed by atoms with Gasteiger partial charge in [0.1, 0.15) is 0 Å². The quantitative estimate of drug-likeness (QED) is 0.357. The van der Waals surface area contributed by atoms with Crippen molar-refractivity contribution >= 4 is 57.4 Å². The average molecular weight is 553 g/mol. The highest BCUT2D eigenvalue weighted by Gasteiger charge is 2.22. The third-order valence-electron chi connectivity index (χ3n) is 6.61. The number of esters is 1. The van der Waals surface area contributed by atoms with Gasteiger partial charge in [-0.05, 0) is 49.9 Å². The van der Waals surface area contributed by atoms with Crippen molar-refractivity contribution in [3.63, 3.8) is 0 Å². The molecule has 196 valence electrons. The van der Waals surface area contributed by atoms with E-state index in [1.165, 1.54) is 17.9 Å². The zero-order valence-electron chi connectivity index (χ0n) is 21.2. The van der Waals surface area contributed by atoms with Crippen molar-refractivity contribution in [2.24, 2.45) is 0 Å². The molecule has 1 fully saturated rings. The van der Waals surface area contributed by atoms with Gasteiger partial charge in [-0.1, -0.05) is 29.3 Å². The van der Waals surface area contributed by atoms with Crippen molar-refractivity contribution in [2.75, 3.05) is 50.6 Å². The zero-order chi connectivity index (χ0) is 27.0. The highest BCUT2D eigenvalue weighted by atomic mass is 35.5. The maximum Gasteiger partial charge on any atom is 0.340 e. The fraction of sp³-hybridized carbons (Fsp3) is 0.259. The van der Waals surface area contributed by atoms with Gasteiger partial charge in [-0.3, -0.25) is 9.36 Å². The molecule has 0 unspecified atom stereocenters. The smallest absolute Gasteiger partial charge is 0.340 e. The van der Waals surface area contributed by atoms with Crippen LogP contribution in [-0.2, 0) is 4.74 Å². The predicted molar refractivity (Wildman–Crippen MR) is 151 cm³/mol. The molecule has 11 heteroatoms. The first kappa shape index (κ1) is 26.0.